The van der Waals surface area contributed by atoms with Crippen LogP contribution >= 0.6 is 11.6 Å². The zero-order valence-corrected chi connectivity index (χ0v) is 15.8. The van der Waals surface area contributed by atoms with E-state index in [0.29, 0.717) is 23.5 Å². The molecule has 134 valence electrons. The summed E-state index contributed by atoms with van der Waals surface area (Å²) in [5.74, 6) is 0. The monoisotopic (exact) mass is 360 g/mol. The summed E-state index contributed by atoms with van der Waals surface area (Å²) in [4.78, 5) is 17.3. The number of nitrogens with zero attached hydrogens (tertiary/aromatic N) is 4. The highest BCUT2D eigenvalue weighted by Crippen LogP contribution is 2.26. The van der Waals surface area contributed by atoms with Gasteiger partial charge in [-0.3, -0.25) is 4.79 Å². The Balaban J connectivity index is 1.82. The second-order valence-corrected chi connectivity index (χ2v) is 7.25. The lowest BCUT2D eigenvalue weighted by molar-refractivity contribution is 0.171. The average molecular weight is 361 g/mol. The molecule has 0 spiro atoms. The number of hydrogen-bond donors (Lipinski definition) is 0. The van der Waals surface area contributed by atoms with Crippen molar-refractivity contribution in [3.63, 3.8) is 0 Å². The molecule has 3 rings (SSSR count). The Kier molecular flexibility index (Phi) is 5.45. The van der Waals surface area contributed by atoms with Crippen LogP contribution in [0.4, 0.5) is 5.69 Å². The molecule has 25 heavy (non-hydrogen) atoms. The van der Waals surface area contributed by atoms with Crippen molar-refractivity contribution in [1.29, 1.82) is 0 Å². The van der Waals surface area contributed by atoms with Gasteiger partial charge in [0, 0.05) is 32.2 Å². The van der Waals surface area contributed by atoms with E-state index in [4.69, 9.17) is 11.6 Å². The normalized spacial score (nSPS) is 16.4. The van der Waals surface area contributed by atoms with Gasteiger partial charge in [0.2, 0.25) is 0 Å². The van der Waals surface area contributed by atoms with Crippen molar-refractivity contribution in [3.05, 3.63) is 51.9 Å². The topological polar surface area (TPSA) is 41.4 Å². The first-order valence-electron chi connectivity index (χ1n) is 8.79. The van der Waals surface area contributed by atoms with Crippen LogP contribution in [0, 0.1) is 0 Å². The van der Waals surface area contributed by atoms with Crippen molar-refractivity contribution in [3.8, 4) is 5.69 Å². The minimum absolute atomic E-state index is 0.229. The predicted molar refractivity (Wildman–Crippen MR) is 103 cm³/mol. The molecule has 0 aliphatic carbocycles. The average Bonchev–Trinajstić information content (AvgIpc) is 2.64. The van der Waals surface area contributed by atoms with Crippen molar-refractivity contribution in [2.24, 2.45) is 0 Å². The van der Waals surface area contributed by atoms with Gasteiger partial charge in [-0.15, -0.1) is 0 Å². The molecule has 0 amide bonds. The zero-order chi connectivity index (χ0) is 18.0. The Morgan fingerprint density at radius 3 is 2.44 bits per heavy atom. The molecule has 1 saturated heterocycles. The Labute approximate surface area is 153 Å². The molecule has 0 unspecified atom stereocenters. The third-order valence-corrected chi connectivity index (χ3v) is 5.41. The number of aromatic nitrogens is 2. The highest BCUT2D eigenvalue weighted by molar-refractivity contribution is 6.33. The van der Waals surface area contributed by atoms with Gasteiger partial charge < -0.3 is 9.80 Å². The first kappa shape index (κ1) is 18.0. The molecule has 0 saturated carbocycles. The number of hydrogen-bond acceptors (Lipinski definition) is 4. The molecule has 1 aliphatic heterocycles. The van der Waals surface area contributed by atoms with Crippen LogP contribution in [0.1, 0.15) is 26.7 Å². The molecule has 0 atom stereocenters. The maximum absolute atomic E-state index is 12.7. The molecule has 5 nitrogen and oxygen atoms in total. The van der Waals surface area contributed by atoms with Crippen molar-refractivity contribution < 1.29 is 0 Å². The fourth-order valence-corrected chi connectivity index (χ4v) is 3.67. The number of anilines is 1. The van der Waals surface area contributed by atoms with E-state index in [1.165, 1.54) is 4.68 Å². The van der Waals surface area contributed by atoms with E-state index in [1.807, 2.05) is 37.4 Å². The molecule has 0 bridgehead atoms. The second-order valence-electron chi connectivity index (χ2n) is 6.87. The van der Waals surface area contributed by atoms with E-state index in [2.05, 4.69) is 28.7 Å². The number of piperidine rings is 1. The Bertz CT molecular complexity index is 767. The van der Waals surface area contributed by atoms with E-state index >= 15 is 0 Å². The van der Waals surface area contributed by atoms with Crippen molar-refractivity contribution >= 4 is 17.3 Å². The highest BCUT2D eigenvalue weighted by atomic mass is 35.5. The van der Waals surface area contributed by atoms with Crippen LogP contribution in [0.25, 0.3) is 5.69 Å². The largest absolute Gasteiger partial charge is 0.369 e. The molecule has 0 radical (unpaired) electrons. The summed E-state index contributed by atoms with van der Waals surface area (Å²) >= 11 is 6.42. The molecular weight excluding hydrogens is 336 g/mol. The van der Waals surface area contributed by atoms with Gasteiger partial charge in [-0.2, -0.15) is 9.78 Å². The van der Waals surface area contributed by atoms with Gasteiger partial charge in [0.25, 0.3) is 5.56 Å². The Morgan fingerprint density at radius 1 is 1.20 bits per heavy atom. The fourth-order valence-electron chi connectivity index (χ4n) is 3.41. The summed E-state index contributed by atoms with van der Waals surface area (Å²) in [6.07, 6.45) is 3.82. The van der Waals surface area contributed by atoms with E-state index in [-0.39, 0.29) is 10.6 Å². The van der Waals surface area contributed by atoms with E-state index in [9.17, 15) is 4.79 Å². The Morgan fingerprint density at radius 2 is 1.84 bits per heavy atom. The van der Waals surface area contributed by atoms with Gasteiger partial charge in [-0.25, -0.2) is 0 Å². The minimum Gasteiger partial charge on any atom is -0.369 e. The molecule has 2 heterocycles. The predicted octanol–water partition coefficient (Wildman–Crippen LogP) is 3.19. The van der Waals surface area contributed by atoms with Crippen LogP contribution < -0.4 is 10.5 Å². The summed E-state index contributed by atoms with van der Waals surface area (Å²) in [5, 5.41) is 4.57. The standard InChI is InChI=1S/C19H25ClN4O/c1-14(2)23-11-9-15(10-12-23)22(3)17-13-21-24(19(25)18(17)20)16-7-5-4-6-8-16/h4-8,13-15H,9-12H2,1-3H3. The van der Waals surface area contributed by atoms with Crippen LogP contribution in [-0.2, 0) is 0 Å². The number of halogens is 1. The molecule has 1 fully saturated rings. The van der Waals surface area contributed by atoms with Crippen LogP contribution in [-0.4, -0.2) is 46.9 Å². The summed E-state index contributed by atoms with van der Waals surface area (Å²) in [7, 11) is 2.00. The van der Waals surface area contributed by atoms with E-state index < -0.39 is 0 Å². The minimum atomic E-state index is -0.281. The van der Waals surface area contributed by atoms with Crippen molar-refractivity contribution in [2.75, 3.05) is 25.0 Å². The summed E-state index contributed by atoms with van der Waals surface area (Å²) in [6.45, 7) is 6.60. The van der Waals surface area contributed by atoms with Gasteiger partial charge in [0.15, 0.2) is 0 Å². The maximum Gasteiger partial charge on any atom is 0.292 e. The summed E-state index contributed by atoms with van der Waals surface area (Å²) in [5.41, 5.74) is 1.15. The maximum atomic E-state index is 12.7. The lowest BCUT2D eigenvalue weighted by Gasteiger charge is -2.39. The van der Waals surface area contributed by atoms with Gasteiger partial charge in [0.1, 0.15) is 5.02 Å². The molecule has 1 aromatic carbocycles. The van der Waals surface area contributed by atoms with E-state index in [1.54, 1.807) is 6.20 Å². The van der Waals surface area contributed by atoms with Gasteiger partial charge >= 0.3 is 0 Å². The molecular formula is C19H25ClN4O. The van der Waals surface area contributed by atoms with Crippen LogP contribution in [0.15, 0.2) is 41.3 Å². The van der Waals surface area contributed by atoms with Gasteiger partial charge in [0.05, 0.1) is 17.6 Å². The summed E-state index contributed by atoms with van der Waals surface area (Å²) in [6, 6.07) is 10.3. The van der Waals surface area contributed by atoms with Crippen LogP contribution in [0.2, 0.25) is 5.02 Å². The lowest BCUT2D eigenvalue weighted by atomic mass is 10.0. The van der Waals surface area contributed by atoms with Gasteiger partial charge in [-0.05, 0) is 38.8 Å². The van der Waals surface area contributed by atoms with Crippen molar-refractivity contribution in [1.82, 2.24) is 14.7 Å². The van der Waals surface area contributed by atoms with Crippen molar-refractivity contribution in [2.45, 2.75) is 38.8 Å². The smallest absolute Gasteiger partial charge is 0.292 e. The number of para-hydroxylation sites is 1. The molecule has 1 aromatic heterocycles. The van der Waals surface area contributed by atoms with Crippen LogP contribution in [0.3, 0.4) is 0 Å². The molecule has 0 N–H and O–H groups in total. The second kappa shape index (κ2) is 7.58. The number of likely N-dealkylation sites (tertiary alicyclic amines) is 1. The third-order valence-electron chi connectivity index (χ3n) is 5.06. The first-order valence-corrected chi connectivity index (χ1v) is 9.17. The molecule has 1 aliphatic rings. The number of rotatable bonds is 4. The lowest BCUT2D eigenvalue weighted by Crippen LogP contribution is -2.46. The Hall–Kier alpha value is -1.85. The van der Waals surface area contributed by atoms with Gasteiger partial charge in [-0.1, -0.05) is 29.8 Å². The molecule has 2 aromatic rings. The van der Waals surface area contributed by atoms with Crippen LogP contribution in [0.5, 0.6) is 0 Å². The SMILES string of the molecule is CC(C)N1CCC(N(C)c2cnn(-c3ccccc3)c(=O)c2Cl)CC1. The number of benzene rings is 1. The highest BCUT2D eigenvalue weighted by Gasteiger charge is 2.26. The third kappa shape index (κ3) is 3.72. The first-order chi connectivity index (χ1) is 12.0. The zero-order valence-electron chi connectivity index (χ0n) is 15.0. The quantitative estimate of drug-likeness (QED) is 0.839. The molecule has 6 heteroatoms. The fraction of sp³-hybridized carbons (Fsp3) is 0.474. The van der Waals surface area contributed by atoms with E-state index in [0.717, 1.165) is 25.9 Å². The summed E-state index contributed by atoms with van der Waals surface area (Å²) < 4.78 is 1.35.